The predicted octanol–water partition coefficient (Wildman–Crippen LogP) is 9.68. The zero-order valence-corrected chi connectivity index (χ0v) is 21.8. The van der Waals surface area contributed by atoms with Gasteiger partial charge in [-0.1, -0.05) is 117 Å². The molecule has 0 aliphatic carbocycles. The highest BCUT2D eigenvalue weighted by atomic mass is 15.3. The van der Waals surface area contributed by atoms with Crippen molar-refractivity contribution in [2.45, 2.75) is 161 Å². The second-order valence-electron chi connectivity index (χ2n) is 10.8. The minimum absolute atomic E-state index is 0.514. The summed E-state index contributed by atoms with van der Waals surface area (Å²) in [5.74, 6) is 0. The van der Waals surface area contributed by atoms with Crippen molar-refractivity contribution in [1.29, 1.82) is 0 Å². The SMILES string of the molecule is CCCCCCCCC(CCCCCCCC)(CCCCCCCC)[N+](C)(C)C. The molecule has 0 aromatic heterocycles. The van der Waals surface area contributed by atoms with Gasteiger partial charge >= 0.3 is 0 Å². The molecule has 0 N–H and O–H groups in total. The fraction of sp³-hybridized carbons (Fsp3) is 1.00. The number of unbranched alkanes of at least 4 members (excludes halogenated alkanes) is 15. The smallest absolute Gasteiger partial charge is 0.0986 e. The van der Waals surface area contributed by atoms with Crippen molar-refractivity contribution in [2.75, 3.05) is 21.1 Å². The van der Waals surface area contributed by atoms with E-state index in [0.29, 0.717) is 5.54 Å². The average molecular weight is 411 g/mol. The van der Waals surface area contributed by atoms with Gasteiger partial charge in [-0.05, 0) is 19.3 Å². The molecule has 0 heterocycles. The van der Waals surface area contributed by atoms with Crippen LogP contribution in [0, 0.1) is 0 Å². The molecule has 0 saturated heterocycles. The number of nitrogens with zero attached hydrogens (tertiary/aromatic N) is 1. The topological polar surface area (TPSA) is 0 Å². The van der Waals surface area contributed by atoms with Crippen molar-refractivity contribution in [3.8, 4) is 0 Å². The molecule has 0 aromatic rings. The monoisotopic (exact) mass is 410 g/mol. The lowest BCUT2D eigenvalue weighted by molar-refractivity contribution is -0.926. The van der Waals surface area contributed by atoms with Gasteiger partial charge in [0.05, 0.1) is 26.7 Å². The second kappa shape index (κ2) is 18.7. The minimum atomic E-state index is 0.514. The zero-order chi connectivity index (χ0) is 21.8. The van der Waals surface area contributed by atoms with Crippen LogP contribution in [-0.2, 0) is 0 Å². The first-order chi connectivity index (χ1) is 13.9. The van der Waals surface area contributed by atoms with Gasteiger partial charge in [-0.2, -0.15) is 0 Å². The third kappa shape index (κ3) is 14.6. The summed E-state index contributed by atoms with van der Waals surface area (Å²) in [6, 6.07) is 0. The quantitative estimate of drug-likeness (QED) is 0.123. The third-order valence-electron chi connectivity index (χ3n) is 7.41. The molecular weight excluding hydrogens is 350 g/mol. The van der Waals surface area contributed by atoms with Crippen LogP contribution < -0.4 is 0 Å². The van der Waals surface area contributed by atoms with E-state index in [-0.39, 0.29) is 0 Å². The van der Waals surface area contributed by atoms with E-state index in [2.05, 4.69) is 41.9 Å². The summed E-state index contributed by atoms with van der Waals surface area (Å²) in [5.41, 5.74) is 0.514. The largest absolute Gasteiger partial charge is 0.326 e. The Labute approximate surface area is 187 Å². The molecule has 0 bridgehead atoms. The van der Waals surface area contributed by atoms with Gasteiger partial charge in [0.2, 0.25) is 0 Å². The van der Waals surface area contributed by atoms with Crippen LogP contribution in [0.2, 0.25) is 0 Å². The summed E-state index contributed by atoms with van der Waals surface area (Å²) in [4.78, 5) is 0. The average Bonchev–Trinajstić information content (AvgIpc) is 2.68. The van der Waals surface area contributed by atoms with Gasteiger partial charge in [0.15, 0.2) is 0 Å². The van der Waals surface area contributed by atoms with Crippen molar-refractivity contribution < 1.29 is 4.48 Å². The molecule has 0 aliphatic heterocycles. The molecule has 0 radical (unpaired) electrons. The van der Waals surface area contributed by atoms with Crippen LogP contribution >= 0.6 is 0 Å². The highest BCUT2D eigenvalue weighted by Crippen LogP contribution is 2.37. The molecule has 0 aliphatic rings. The van der Waals surface area contributed by atoms with Crippen LogP contribution in [0.25, 0.3) is 0 Å². The Morgan fingerprint density at radius 3 is 0.862 bits per heavy atom. The molecule has 1 nitrogen and oxygen atoms in total. The second-order valence-corrected chi connectivity index (χ2v) is 10.8. The van der Waals surface area contributed by atoms with Crippen LogP contribution in [0.1, 0.15) is 156 Å². The van der Waals surface area contributed by atoms with Gasteiger partial charge in [-0.3, -0.25) is 0 Å². The van der Waals surface area contributed by atoms with E-state index in [1.165, 1.54) is 139 Å². The number of quaternary nitrogens is 1. The van der Waals surface area contributed by atoms with E-state index in [1.54, 1.807) is 0 Å². The molecule has 0 saturated carbocycles. The first kappa shape index (κ1) is 29.0. The van der Waals surface area contributed by atoms with Gasteiger partial charge in [0, 0.05) is 19.3 Å². The lowest BCUT2D eigenvalue weighted by Gasteiger charge is -2.47. The van der Waals surface area contributed by atoms with Crippen LogP contribution in [0.15, 0.2) is 0 Å². The van der Waals surface area contributed by atoms with Crippen molar-refractivity contribution in [1.82, 2.24) is 0 Å². The molecule has 0 unspecified atom stereocenters. The molecule has 0 spiro atoms. The Kier molecular flexibility index (Phi) is 18.7. The summed E-state index contributed by atoms with van der Waals surface area (Å²) in [5, 5.41) is 0. The standard InChI is InChI=1S/C28H60N/c1-7-10-13-16-19-22-25-28(29(4,5)6,26-23-20-17-14-11-8-2)27-24-21-18-15-12-9-3/h7-27H2,1-6H3/q+1. The molecule has 0 aromatic carbocycles. The minimum Gasteiger partial charge on any atom is -0.326 e. The molecule has 29 heavy (non-hydrogen) atoms. The highest BCUT2D eigenvalue weighted by Gasteiger charge is 2.41. The molecule has 0 rings (SSSR count). The summed E-state index contributed by atoms with van der Waals surface area (Å²) >= 11 is 0. The summed E-state index contributed by atoms with van der Waals surface area (Å²) < 4.78 is 1.17. The van der Waals surface area contributed by atoms with Crippen LogP contribution in [-0.4, -0.2) is 31.2 Å². The van der Waals surface area contributed by atoms with Gasteiger partial charge in [-0.15, -0.1) is 0 Å². The van der Waals surface area contributed by atoms with E-state index >= 15 is 0 Å². The number of rotatable bonds is 22. The number of hydrogen-bond acceptors (Lipinski definition) is 0. The predicted molar refractivity (Wildman–Crippen MR) is 135 cm³/mol. The Morgan fingerprint density at radius 2 is 0.621 bits per heavy atom. The molecule has 0 atom stereocenters. The maximum absolute atomic E-state index is 2.49. The van der Waals surface area contributed by atoms with Crippen molar-refractivity contribution in [3.63, 3.8) is 0 Å². The molecule has 176 valence electrons. The van der Waals surface area contributed by atoms with Crippen molar-refractivity contribution in [3.05, 3.63) is 0 Å². The molecule has 1 heteroatoms. The van der Waals surface area contributed by atoms with Crippen LogP contribution in [0.3, 0.4) is 0 Å². The van der Waals surface area contributed by atoms with E-state index in [1.807, 2.05) is 0 Å². The Bertz CT molecular complexity index is 287. The molecule has 0 amide bonds. The molecule has 0 fully saturated rings. The fourth-order valence-corrected chi connectivity index (χ4v) is 5.08. The van der Waals surface area contributed by atoms with Gasteiger partial charge < -0.3 is 4.48 Å². The lowest BCUT2D eigenvalue weighted by atomic mass is 9.79. The molecular formula is C28H60N+. The Balaban J connectivity index is 4.67. The summed E-state index contributed by atoms with van der Waals surface area (Å²) in [7, 11) is 7.47. The first-order valence-electron chi connectivity index (χ1n) is 13.7. The van der Waals surface area contributed by atoms with E-state index in [0.717, 1.165) is 0 Å². The number of hydrogen-bond donors (Lipinski definition) is 0. The Morgan fingerprint density at radius 1 is 0.379 bits per heavy atom. The van der Waals surface area contributed by atoms with E-state index in [4.69, 9.17) is 0 Å². The fourth-order valence-electron chi connectivity index (χ4n) is 5.08. The van der Waals surface area contributed by atoms with Gasteiger partial charge in [-0.25, -0.2) is 0 Å². The maximum atomic E-state index is 2.49. The van der Waals surface area contributed by atoms with E-state index in [9.17, 15) is 0 Å². The highest BCUT2D eigenvalue weighted by molar-refractivity contribution is 4.81. The summed E-state index contributed by atoms with van der Waals surface area (Å²) in [6.07, 6.45) is 30.1. The lowest BCUT2D eigenvalue weighted by Crippen LogP contribution is -2.57. The normalized spacial score (nSPS) is 12.6. The Hall–Kier alpha value is -0.0400. The summed E-state index contributed by atoms with van der Waals surface area (Å²) in [6.45, 7) is 6.97. The first-order valence-corrected chi connectivity index (χ1v) is 13.7. The third-order valence-corrected chi connectivity index (χ3v) is 7.41. The van der Waals surface area contributed by atoms with Crippen LogP contribution in [0.4, 0.5) is 0 Å². The van der Waals surface area contributed by atoms with Crippen molar-refractivity contribution >= 4 is 0 Å². The maximum Gasteiger partial charge on any atom is 0.0986 e. The zero-order valence-electron chi connectivity index (χ0n) is 21.8. The van der Waals surface area contributed by atoms with Gasteiger partial charge in [0.25, 0.3) is 0 Å². The van der Waals surface area contributed by atoms with Crippen molar-refractivity contribution in [2.24, 2.45) is 0 Å². The van der Waals surface area contributed by atoms with Crippen LogP contribution in [0.5, 0.6) is 0 Å². The van der Waals surface area contributed by atoms with E-state index < -0.39 is 0 Å². The van der Waals surface area contributed by atoms with Gasteiger partial charge in [0.1, 0.15) is 0 Å².